The van der Waals surface area contributed by atoms with Crippen molar-refractivity contribution >= 4 is 17.6 Å². The fourth-order valence-corrected chi connectivity index (χ4v) is 1.81. The molecule has 0 aromatic heterocycles. The maximum absolute atomic E-state index is 13.5. The first-order valence-electron chi connectivity index (χ1n) is 5.85. The van der Waals surface area contributed by atoms with E-state index in [2.05, 4.69) is 4.74 Å². The Labute approximate surface area is 120 Å². The number of halogens is 2. The lowest BCUT2D eigenvalue weighted by molar-refractivity contribution is 0.0600. The molecular formula is C15H12ClFO3. The monoisotopic (exact) mass is 294 g/mol. The average Bonchev–Trinajstić information content (AvgIpc) is 2.48. The fraction of sp³-hybridized carbons (Fsp3) is 0.133. The van der Waals surface area contributed by atoms with Gasteiger partial charge in [0, 0.05) is 10.6 Å². The highest BCUT2D eigenvalue weighted by atomic mass is 35.5. The number of rotatable bonds is 4. The maximum Gasteiger partial charge on any atom is 0.337 e. The van der Waals surface area contributed by atoms with Gasteiger partial charge in [0.05, 0.1) is 12.7 Å². The molecule has 104 valence electrons. The number of methoxy groups -OCH3 is 1. The molecule has 0 heterocycles. The molecule has 2 aromatic carbocycles. The summed E-state index contributed by atoms with van der Waals surface area (Å²) in [6.07, 6.45) is 0. The molecule has 0 saturated heterocycles. The van der Waals surface area contributed by atoms with E-state index in [0.717, 1.165) is 0 Å². The number of hydrogen-bond donors (Lipinski definition) is 0. The second kappa shape index (κ2) is 6.39. The molecule has 0 bridgehead atoms. The molecule has 0 radical (unpaired) electrons. The zero-order valence-electron chi connectivity index (χ0n) is 10.7. The third kappa shape index (κ3) is 3.48. The summed E-state index contributed by atoms with van der Waals surface area (Å²) in [6, 6.07) is 10.7. The molecule has 3 nitrogen and oxygen atoms in total. The standard InChI is InChI=1S/C15H12ClFO3/c1-19-15(18)10-2-5-13(6-3-10)20-9-11-8-12(16)4-7-14(11)17/h2-8H,9H2,1H3. The second-order valence-corrected chi connectivity index (χ2v) is 4.48. The third-order valence-corrected chi connectivity index (χ3v) is 2.91. The maximum atomic E-state index is 13.5. The molecule has 0 saturated carbocycles. The fourth-order valence-electron chi connectivity index (χ4n) is 1.62. The third-order valence-electron chi connectivity index (χ3n) is 2.68. The van der Waals surface area contributed by atoms with Crippen LogP contribution in [-0.2, 0) is 11.3 Å². The van der Waals surface area contributed by atoms with Gasteiger partial charge in [-0.3, -0.25) is 0 Å². The largest absolute Gasteiger partial charge is 0.489 e. The van der Waals surface area contributed by atoms with Gasteiger partial charge >= 0.3 is 5.97 Å². The van der Waals surface area contributed by atoms with Gasteiger partial charge in [0.1, 0.15) is 18.2 Å². The van der Waals surface area contributed by atoms with E-state index in [1.807, 2.05) is 0 Å². The van der Waals surface area contributed by atoms with Gasteiger partial charge in [-0.05, 0) is 42.5 Å². The first-order chi connectivity index (χ1) is 9.60. The lowest BCUT2D eigenvalue weighted by Gasteiger charge is -2.08. The zero-order valence-corrected chi connectivity index (χ0v) is 11.5. The van der Waals surface area contributed by atoms with Gasteiger partial charge in [-0.25, -0.2) is 9.18 Å². The first kappa shape index (κ1) is 14.3. The molecule has 0 amide bonds. The zero-order chi connectivity index (χ0) is 14.5. The van der Waals surface area contributed by atoms with Crippen molar-refractivity contribution in [1.29, 1.82) is 0 Å². The van der Waals surface area contributed by atoms with Gasteiger partial charge in [-0.1, -0.05) is 11.6 Å². The van der Waals surface area contributed by atoms with Crippen molar-refractivity contribution in [2.45, 2.75) is 6.61 Å². The Morgan fingerprint density at radius 1 is 1.20 bits per heavy atom. The molecule has 0 aliphatic heterocycles. The molecule has 0 spiro atoms. The van der Waals surface area contributed by atoms with Crippen LogP contribution in [0.15, 0.2) is 42.5 Å². The summed E-state index contributed by atoms with van der Waals surface area (Å²) < 4.78 is 23.5. The first-order valence-corrected chi connectivity index (χ1v) is 6.23. The number of ether oxygens (including phenoxy) is 2. The van der Waals surface area contributed by atoms with Crippen molar-refractivity contribution in [2.24, 2.45) is 0 Å². The highest BCUT2D eigenvalue weighted by Crippen LogP contribution is 2.18. The second-order valence-electron chi connectivity index (χ2n) is 4.04. The van der Waals surface area contributed by atoms with Gasteiger partial charge in [-0.2, -0.15) is 0 Å². The van der Waals surface area contributed by atoms with Crippen LogP contribution in [0.3, 0.4) is 0 Å². The van der Waals surface area contributed by atoms with E-state index < -0.39 is 5.97 Å². The predicted octanol–water partition coefficient (Wildman–Crippen LogP) is 3.84. The summed E-state index contributed by atoms with van der Waals surface area (Å²) in [5.41, 5.74) is 0.795. The van der Waals surface area contributed by atoms with Crippen molar-refractivity contribution in [2.75, 3.05) is 7.11 Å². The van der Waals surface area contributed by atoms with Crippen LogP contribution in [0.2, 0.25) is 5.02 Å². The van der Waals surface area contributed by atoms with E-state index in [-0.39, 0.29) is 12.4 Å². The highest BCUT2D eigenvalue weighted by Gasteiger charge is 2.06. The van der Waals surface area contributed by atoms with Crippen molar-refractivity contribution in [3.05, 3.63) is 64.4 Å². The van der Waals surface area contributed by atoms with Crippen LogP contribution < -0.4 is 4.74 Å². The molecule has 0 atom stereocenters. The summed E-state index contributed by atoms with van der Waals surface area (Å²) in [7, 11) is 1.31. The molecule has 2 rings (SSSR count). The minimum atomic E-state index is -0.419. The summed E-state index contributed by atoms with van der Waals surface area (Å²) in [5.74, 6) is -0.268. The van der Waals surface area contributed by atoms with Crippen molar-refractivity contribution in [3.63, 3.8) is 0 Å². The molecule has 5 heteroatoms. The number of benzene rings is 2. The van der Waals surface area contributed by atoms with Gasteiger partial charge in [0.2, 0.25) is 0 Å². The molecular weight excluding hydrogens is 283 g/mol. The molecule has 0 fully saturated rings. The number of esters is 1. The minimum Gasteiger partial charge on any atom is -0.489 e. The molecule has 2 aromatic rings. The van der Waals surface area contributed by atoms with Crippen LogP contribution >= 0.6 is 11.6 Å². The number of hydrogen-bond acceptors (Lipinski definition) is 3. The average molecular weight is 295 g/mol. The molecule has 0 N–H and O–H groups in total. The Hall–Kier alpha value is -2.07. The normalized spacial score (nSPS) is 10.2. The summed E-state index contributed by atoms with van der Waals surface area (Å²) in [4.78, 5) is 11.3. The Kier molecular flexibility index (Phi) is 4.58. The number of carbonyl (C=O) groups is 1. The van der Waals surface area contributed by atoms with Crippen LogP contribution in [0.25, 0.3) is 0 Å². The van der Waals surface area contributed by atoms with E-state index >= 15 is 0 Å². The summed E-state index contributed by atoms with van der Waals surface area (Å²) in [5, 5.41) is 0.450. The lowest BCUT2D eigenvalue weighted by Crippen LogP contribution is -2.02. The molecule has 0 aliphatic rings. The minimum absolute atomic E-state index is 0.0595. The highest BCUT2D eigenvalue weighted by molar-refractivity contribution is 6.30. The quantitative estimate of drug-likeness (QED) is 0.804. The molecule has 0 aliphatic carbocycles. The lowest BCUT2D eigenvalue weighted by atomic mass is 10.2. The summed E-state index contributed by atoms with van der Waals surface area (Å²) in [6.45, 7) is 0.0595. The van der Waals surface area contributed by atoms with Crippen LogP contribution in [0.5, 0.6) is 5.75 Å². The van der Waals surface area contributed by atoms with E-state index in [9.17, 15) is 9.18 Å². The van der Waals surface area contributed by atoms with E-state index in [0.29, 0.717) is 21.9 Å². The Balaban J connectivity index is 2.04. The van der Waals surface area contributed by atoms with Crippen molar-refractivity contribution < 1.29 is 18.7 Å². The van der Waals surface area contributed by atoms with E-state index in [1.165, 1.54) is 25.3 Å². The SMILES string of the molecule is COC(=O)c1ccc(OCc2cc(Cl)ccc2F)cc1. The van der Waals surface area contributed by atoms with E-state index in [1.54, 1.807) is 24.3 Å². The topological polar surface area (TPSA) is 35.5 Å². The predicted molar refractivity (Wildman–Crippen MR) is 73.5 cm³/mol. The van der Waals surface area contributed by atoms with Crippen LogP contribution in [0.4, 0.5) is 4.39 Å². The van der Waals surface area contributed by atoms with Gasteiger partial charge in [0.25, 0.3) is 0 Å². The van der Waals surface area contributed by atoms with Crippen LogP contribution in [-0.4, -0.2) is 13.1 Å². The Bertz CT molecular complexity index is 611. The van der Waals surface area contributed by atoms with Crippen molar-refractivity contribution in [1.82, 2.24) is 0 Å². The Morgan fingerprint density at radius 3 is 2.55 bits per heavy atom. The Morgan fingerprint density at radius 2 is 1.90 bits per heavy atom. The molecule has 20 heavy (non-hydrogen) atoms. The van der Waals surface area contributed by atoms with Gasteiger partial charge < -0.3 is 9.47 Å². The summed E-state index contributed by atoms with van der Waals surface area (Å²) >= 11 is 5.80. The molecule has 0 unspecified atom stereocenters. The number of carbonyl (C=O) groups excluding carboxylic acids is 1. The van der Waals surface area contributed by atoms with Crippen LogP contribution in [0, 0.1) is 5.82 Å². The van der Waals surface area contributed by atoms with Crippen molar-refractivity contribution in [3.8, 4) is 5.75 Å². The van der Waals surface area contributed by atoms with Crippen LogP contribution in [0.1, 0.15) is 15.9 Å². The van der Waals surface area contributed by atoms with Gasteiger partial charge in [-0.15, -0.1) is 0 Å². The van der Waals surface area contributed by atoms with Gasteiger partial charge in [0.15, 0.2) is 0 Å². The van der Waals surface area contributed by atoms with E-state index in [4.69, 9.17) is 16.3 Å². The smallest absolute Gasteiger partial charge is 0.337 e.